The zero-order valence-corrected chi connectivity index (χ0v) is 19.0. The second kappa shape index (κ2) is 11.9. The standard InChI is InChI=1S/C20H30FN5.HI/c1-5-18-17(19(6-2)26(4)25-18)14-24-20(22-7-3)23-12-11-15-9-8-10-16(21)13-15;/h8-10,13H,5-7,11-12,14H2,1-4H3,(H2,22,23,24);1H. The maximum Gasteiger partial charge on any atom is 0.191 e. The summed E-state index contributed by atoms with van der Waals surface area (Å²) in [5, 5.41) is 11.2. The van der Waals surface area contributed by atoms with Crippen molar-refractivity contribution in [2.24, 2.45) is 12.0 Å². The van der Waals surface area contributed by atoms with Gasteiger partial charge in [-0.3, -0.25) is 4.68 Å². The van der Waals surface area contributed by atoms with Gasteiger partial charge in [0.05, 0.1) is 12.2 Å². The van der Waals surface area contributed by atoms with E-state index >= 15 is 0 Å². The molecular weight excluding hydrogens is 456 g/mol. The van der Waals surface area contributed by atoms with Gasteiger partial charge in [-0.2, -0.15) is 5.10 Å². The van der Waals surface area contributed by atoms with Gasteiger partial charge in [0.15, 0.2) is 5.96 Å². The highest BCUT2D eigenvalue weighted by molar-refractivity contribution is 14.0. The van der Waals surface area contributed by atoms with Crippen LogP contribution < -0.4 is 10.6 Å². The van der Waals surface area contributed by atoms with Crippen molar-refractivity contribution < 1.29 is 4.39 Å². The summed E-state index contributed by atoms with van der Waals surface area (Å²) < 4.78 is 15.2. The Bertz CT molecular complexity index is 742. The summed E-state index contributed by atoms with van der Waals surface area (Å²) in [5.74, 6) is 0.579. The van der Waals surface area contributed by atoms with Crippen molar-refractivity contribution in [3.63, 3.8) is 0 Å². The molecule has 2 N–H and O–H groups in total. The first-order valence-corrected chi connectivity index (χ1v) is 9.39. The highest BCUT2D eigenvalue weighted by Crippen LogP contribution is 2.16. The van der Waals surface area contributed by atoms with E-state index in [9.17, 15) is 4.39 Å². The summed E-state index contributed by atoms with van der Waals surface area (Å²) in [5.41, 5.74) is 4.55. The van der Waals surface area contributed by atoms with Crippen molar-refractivity contribution in [3.05, 3.63) is 52.6 Å². The van der Waals surface area contributed by atoms with E-state index in [0.29, 0.717) is 13.1 Å². The van der Waals surface area contributed by atoms with E-state index in [1.54, 1.807) is 12.1 Å². The molecule has 0 radical (unpaired) electrons. The number of rotatable bonds is 8. The minimum absolute atomic E-state index is 0. The van der Waals surface area contributed by atoms with Gasteiger partial charge in [0, 0.05) is 31.4 Å². The van der Waals surface area contributed by atoms with Gasteiger partial charge in [-0.25, -0.2) is 9.38 Å². The highest BCUT2D eigenvalue weighted by Gasteiger charge is 2.13. The number of halogens is 2. The van der Waals surface area contributed by atoms with Gasteiger partial charge in [-0.05, 0) is 43.9 Å². The average molecular weight is 487 g/mol. The summed E-state index contributed by atoms with van der Waals surface area (Å²) in [6.07, 6.45) is 2.59. The van der Waals surface area contributed by atoms with E-state index < -0.39 is 0 Å². The van der Waals surface area contributed by atoms with E-state index in [-0.39, 0.29) is 29.8 Å². The van der Waals surface area contributed by atoms with Crippen LogP contribution in [0.15, 0.2) is 29.3 Å². The first kappa shape index (κ1) is 23.4. The Balaban J connectivity index is 0.00000364. The van der Waals surface area contributed by atoms with Crippen LogP contribution in [0.5, 0.6) is 0 Å². The molecule has 150 valence electrons. The molecule has 27 heavy (non-hydrogen) atoms. The van der Waals surface area contributed by atoms with Crippen LogP contribution in [-0.2, 0) is 32.9 Å². The maximum absolute atomic E-state index is 13.3. The van der Waals surface area contributed by atoms with Crippen LogP contribution in [0.3, 0.4) is 0 Å². The van der Waals surface area contributed by atoms with Crippen molar-refractivity contribution in [1.82, 2.24) is 20.4 Å². The molecule has 0 atom stereocenters. The molecule has 1 aromatic heterocycles. The van der Waals surface area contributed by atoms with Crippen LogP contribution >= 0.6 is 24.0 Å². The molecule has 0 bridgehead atoms. The molecule has 0 spiro atoms. The third-order valence-electron chi connectivity index (χ3n) is 4.36. The van der Waals surface area contributed by atoms with E-state index in [2.05, 4.69) is 29.6 Å². The van der Waals surface area contributed by atoms with Crippen molar-refractivity contribution in [1.29, 1.82) is 0 Å². The summed E-state index contributed by atoms with van der Waals surface area (Å²) in [6, 6.07) is 6.71. The lowest BCUT2D eigenvalue weighted by Crippen LogP contribution is -2.38. The number of hydrogen-bond acceptors (Lipinski definition) is 2. The van der Waals surface area contributed by atoms with Crippen LogP contribution in [0, 0.1) is 5.82 Å². The first-order chi connectivity index (χ1) is 12.6. The lowest BCUT2D eigenvalue weighted by Gasteiger charge is -2.12. The maximum atomic E-state index is 13.3. The SMILES string of the molecule is CCNC(=NCc1c(CC)nn(C)c1CC)NCCc1cccc(F)c1.I. The lowest BCUT2D eigenvalue weighted by molar-refractivity contribution is 0.625. The third kappa shape index (κ3) is 6.79. The molecule has 0 aliphatic heterocycles. The molecule has 0 aliphatic rings. The molecule has 5 nitrogen and oxygen atoms in total. The smallest absolute Gasteiger partial charge is 0.191 e. The number of nitrogens with one attached hydrogen (secondary N) is 2. The molecule has 7 heteroatoms. The summed E-state index contributed by atoms with van der Waals surface area (Å²) in [4.78, 5) is 4.73. The van der Waals surface area contributed by atoms with Gasteiger partial charge in [0.25, 0.3) is 0 Å². The predicted octanol–water partition coefficient (Wildman–Crippen LogP) is 3.60. The minimum Gasteiger partial charge on any atom is -0.357 e. The van der Waals surface area contributed by atoms with E-state index in [1.807, 2.05) is 24.7 Å². The molecule has 2 aromatic rings. The average Bonchev–Trinajstić information content (AvgIpc) is 2.94. The molecule has 0 saturated carbocycles. The number of nitrogens with zero attached hydrogens (tertiary/aromatic N) is 3. The van der Waals surface area contributed by atoms with E-state index in [1.165, 1.54) is 17.3 Å². The van der Waals surface area contributed by atoms with Gasteiger partial charge in [-0.1, -0.05) is 26.0 Å². The topological polar surface area (TPSA) is 54.2 Å². The molecule has 0 aliphatic carbocycles. The van der Waals surface area contributed by atoms with Gasteiger partial charge in [-0.15, -0.1) is 24.0 Å². The van der Waals surface area contributed by atoms with Crippen LogP contribution in [-0.4, -0.2) is 28.8 Å². The van der Waals surface area contributed by atoms with Gasteiger partial charge < -0.3 is 10.6 Å². The zero-order chi connectivity index (χ0) is 18.9. The number of guanidine groups is 1. The van der Waals surface area contributed by atoms with Crippen LogP contribution in [0.1, 0.15) is 43.3 Å². The quantitative estimate of drug-likeness (QED) is 0.340. The normalized spacial score (nSPS) is 11.2. The molecule has 0 saturated heterocycles. The van der Waals surface area contributed by atoms with Gasteiger partial charge in [0.1, 0.15) is 5.82 Å². The Hall–Kier alpha value is -1.64. The Morgan fingerprint density at radius 2 is 1.96 bits per heavy atom. The number of aryl methyl sites for hydroxylation is 2. The third-order valence-corrected chi connectivity index (χ3v) is 4.36. The molecule has 1 aromatic carbocycles. The largest absolute Gasteiger partial charge is 0.357 e. The van der Waals surface area contributed by atoms with E-state index in [0.717, 1.165) is 43.0 Å². The first-order valence-electron chi connectivity index (χ1n) is 9.39. The molecule has 1 heterocycles. The van der Waals surface area contributed by atoms with Crippen LogP contribution in [0.4, 0.5) is 4.39 Å². The van der Waals surface area contributed by atoms with Crippen molar-refractivity contribution in [2.75, 3.05) is 13.1 Å². The number of hydrogen-bond donors (Lipinski definition) is 2. The van der Waals surface area contributed by atoms with Crippen molar-refractivity contribution >= 4 is 29.9 Å². The number of benzene rings is 1. The number of aromatic nitrogens is 2. The van der Waals surface area contributed by atoms with Crippen LogP contribution in [0.2, 0.25) is 0 Å². The summed E-state index contributed by atoms with van der Waals surface area (Å²) in [7, 11) is 1.99. The van der Waals surface area contributed by atoms with Gasteiger partial charge in [0.2, 0.25) is 0 Å². The molecular formula is C20H31FIN5. The highest BCUT2D eigenvalue weighted by atomic mass is 127. The zero-order valence-electron chi connectivity index (χ0n) is 16.7. The minimum atomic E-state index is -0.196. The Morgan fingerprint density at radius 1 is 1.19 bits per heavy atom. The summed E-state index contributed by atoms with van der Waals surface area (Å²) >= 11 is 0. The molecule has 0 amide bonds. The molecule has 2 rings (SSSR count). The van der Waals surface area contributed by atoms with Crippen molar-refractivity contribution in [3.8, 4) is 0 Å². The molecule has 0 fully saturated rings. The number of aliphatic imine (C=N–C) groups is 1. The Kier molecular flexibility index (Phi) is 10.4. The molecule has 0 unspecified atom stereocenters. The summed E-state index contributed by atoms with van der Waals surface area (Å²) in [6.45, 7) is 8.41. The predicted molar refractivity (Wildman–Crippen MR) is 120 cm³/mol. The fourth-order valence-electron chi connectivity index (χ4n) is 3.09. The van der Waals surface area contributed by atoms with Crippen molar-refractivity contribution in [2.45, 2.75) is 46.6 Å². The monoisotopic (exact) mass is 487 g/mol. The Morgan fingerprint density at radius 3 is 2.59 bits per heavy atom. The second-order valence-corrected chi connectivity index (χ2v) is 6.20. The second-order valence-electron chi connectivity index (χ2n) is 6.20. The Labute approximate surface area is 178 Å². The fraction of sp³-hybridized carbons (Fsp3) is 0.500. The van der Waals surface area contributed by atoms with Crippen LogP contribution in [0.25, 0.3) is 0 Å². The van der Waals surface area contributed by atoms with Gasteiger partial charge >= 0.3 is 0 Å². The fourth-order valence-corrected chi connectivity index (χ4v) is 3.09. The van der Waals surface area contributed by atoms with E-state index in [4.69, 9.17) is 4.99 Å². The lowest BCUT2D eigenvalue weighted by atomic mass is 10.1.